The third-order valence-corrected chi connectivity index (χ3v) is 5.47. The van der Waals surface area contributed by atoms with Crippen molar-refractivity contribution in [2.75, 3.05) is 17.6 Å². The summed E-state index contributed by atoms with van der Waals surface area (Å²) in [6.45, 7) is 12.9. The highest BCUT2D eigenvalue weighted by Gasteiger charge is 2.35. The Morgan fingerprint density at radius 3 is 2.37 bits per heavy atom. The lowest BCUT2D eigenvalue weighted by Gasteiger charge is -2.33. The highest BCUT2D eigenvalue weighted by Crippen LogP contribution is 2.26. The maximum atomic E-state index is 13.7. The molecule has 188 valence electrons. The van der Waals surface area contributed by atoms with Gasteiger partial charge in [-0.05, 0) is 51.8 Å². The molecule has 0 fully saturated rings. The molecule has 2 unspecified atom stereocenters. The number of hydrogen-bond acceptors (Lipinski definition) is 5. The summed E-state index contributed by atoms with van der Waals surface area (Å²) < 4.78 is 5.31. The molecule has 35 heavy (non-hydrogen) atoms. The molecule has 0 saturated carbocycles. The SMILES string of the molecule is C=CCN(C(=O)C(CS)NC(=O)OC(C)(C)C)C(C(=O)Nc1ccccc1C)c1cccc(C)c1. The molecule has 0 saturated heterocycles. The number of benzene rings is 2. The van der Waals surface area contributed by atoms with Crippen molar-refractivity contribution < 1.29 is 19.1 Å². The molecule has 2 atom stereocenters. The van der Waals surface area contributed by atoms with Crippen LogP contribution in [0.3, 0.4) is 0 Å². The molecule has 0 aromatic heterocycles. The summed E-state index contributed by atoms with van der Waals surface area (Å²) in [6.07, 6.45) is 0.810. The van der Waals surface area contributed by atoms with Crippen LogP contribution in [0.1, 0.15) is 43.5 Å². The molecule has 3 amide bonds. The highest BCUT2D eigenvalue weighted by molar-refractivity contribution is 7.80. The van der Waals surface area contributed by atoms with E-state index in [0.717, 1.165) is 11.1 Å². The Balaban J connectivity index is 2.45. The molecule has 2 aromatic carbocycles. The van der Waals surface area contributed by atoms with E-state index in [0.29, 0.717) is 11.3 Å². The van der Waals surface area contributed by atoms with Crippen LogP contribution in [0.15, 0.2) is 61.2 Å². The number of alkyl carbamates (subject to hydrolysis) is 1. The highest BCUT2D eigenvalue weighted by atomic mass is 32.1. The van der Waals surface area contributed by atoms with Crippen molar-refractivity contribution in [1.29, 1.82) is 0 Å². The zero-order chi connectivity index (χ0) is 26.2. The molecule has 0 heterocycles. The Kier molecular flexibility index (Phi) is 9.95. The molecule has 0 aliphatic carbocycles. The second-order valence-electron chi connectivity index (χ2n) is 9.28. The van der Waals surface area contributed by atoms with Crippen LogP contribution in [-0.4, -0.2) is 46.7 Å². The first kappa shape index (κ1) is 28.0. The molecule has 2 N–H and O–H groups in total. The maximum Gasteiger partial charge on any atom is 0.408 e. The van der Waals surface area contributed by atoms with Gasteiger partial charge in [-0.3, -0.25) is 9.59 Å². The number of aryl methyl sites for hydroxylation is 2. The van der Waals surface area contributed by atoms with E-state index in [2.05, 4.69) is 29.8 Å². The van der Waals surface area contributed by atoms with Crippen LogP contribution in [0.5, 0.6) is 0 Å². The summed E-state index contributed by atoms with van der Waals surface area (Å²) in [5, 5.41) is 5.54. The number of carbonyl (C=O) groups is 3. The lowest BCUT2D eigenvalue weighted by molar-refractivity contribution is -0.139. The van der Waals surface area contributed by atoms with Crippen molar-refractivity contribution in [3.05, 3.63) is 77.9 Å². The fourth-order valence-electron chi connectivity index (χ4n) is 3.52. The second kappa shape index (κ2) is 12.4. The summed E-state index contributed by atoms with van der Waals surface area (Å²) in [4.78, 5) is 41.1. The first-order chi connectivity index (χ1) is 16.5. The number of carbonyl (C=O) groups excluding carboxylic acids is 3. The van der Waals surface area contributed by atoms with Gasteiger partial charge in [-0.25, -0.2) is 4.79 Å². The molecule has 7 nitrogen and oxygen atoms in total. The van der Waals surface area contributed by atoms with E-state index in [1.165, 1.54) is 4.90 Å². The number of thiol groups is 1. The van der Waals surface area contributed by atoms with Gasteiger partial charge in [0.25, 0.3) is 5.91 Å². The van der Waals surface area contributed by atoms with Crippen molar-refractivity contribution in [3.8, 4) is 0 Å². The predicted molar refractivity (Wildman–Crippen MR) is 143 cm³/mol. The normalized spacial score (nSPS) is 12.7. The van der Waals surface area contributed by atoms with Crippen molar-refractivity contribution in [2.24, 2.45) is 0 Å². The number of para-hydroxylation sites is 1. The molecule has 8 heteroatoms. The Labute approximate surface area is 213 Å². The van der Waals surface area contributed by atoms with Crippen molar-refractivity contribution in [2.45, 2.75) is 52.3 Å². The number of nitrogens with one attached hydrogen (secondary N) is 2. The molecule has 2 aromatic rings. The lowest BCUT2D eigenvalue weighted by atomic mass is 10.0. The van der Waals surface area contributed by atoms with E-state index >= 15 is 0 Å². The van der Waals surface area contributed by atoms with Crippen LogP contribution < -0.4 is 10.6 Å². The third kappa shape index (κ3) is 8.17. The quantitative estimate of drug-likeness (QED) is 0.342. The minimum Gasteiger partial charge on any atom is -0.444 e. The minimum atomic E-state index is -1.01. The van der Waals surface area contributed by atoms with Gasteiger partial charge in [0, 0.05) is 18.0 Å². The van der Waals surface area contributed by atoms with Crippen molar-refractivity contribution in [3.63, 3.8) is 0 Å². The van der Waals surface area contributed by atoms with Gasteiger partial charge in [0.15, 0.2) is 0 Å². The van der Waals surface area contributed by atoms with Crippen LogP contribution in [-0.2, 0) is 14.3 Å². The Bertz CT molecular complexity index is 1060. The van der Waals surface area contributed by atoms with Crippen molar-refractivity contribution in [1.82, 2.24) is 10.2 Å². The van der Waals surface area contributed by atoms with Crippen LogP contribution in [0, 0.1) is 13.8 Å². The van der Waals surface area contributed by atoms with Crippen LogP contribution in [0.4, 0.5) is 10.5 Å². The maximum absolute atomic E-state index is 13.7. The van der Waals surface area contributed by atoms with Gasteiger partial charge in [-0.15, -0.1) is 6.58 Å². The predicted octanol–water partition coefficient (Wildman–Crippen LogP) is 4.82. The average molecular weight is 498 g/mol. The zero-order valence-corrected chi connectivity index (χ0v) is 21.9. The minimum absolute atomic E-state index is 0.0195. The smallest absolute Gasteiger partial charge is 0.408 e. The summed E-state index contributed by atoms with van der Waals surface area (Å²) >= 11 is 4.28. The summed E-state index contributed by atoms with van der Waals surface area (Å²) in [7, 11) is 0. The summed E-state index contributed by atoms with van der Waals surface area (Å²) in [5.41, 5.74) is 2.40. The number of rotatable bonds is 9. The van der Waals surface area contributed by atoms with Crippen LogP contribution in [0.2, 0.25) is 0 Å². The number of ether oxygens (including phenoxy) is 1. The average Bonchev–Trinajstić information content (AvgIpc) is 2.77. The molecular weight excluding hydrogens is 462 g/mol. The molecule has 0 aliphatic rings. The molecule has 0 aliphatic heterocycles. The first-order valence-electron chi connectivity index (χ1n) is 11.4. The van der Waals surface area contributed by atoms with Gasteiger partial charge in [0.05, 0.1) is 0 Å². The fourth-order valence-corrected chi connectivity index (χ4v) is 3.77. The fraction of sp³-hybridized carbons (Fsp3) is 0.370. The Hall–Kier alpha value is -3.26. The topological polar surface area (TPSA) is 87.7 Å². The third-order valence-electron chi connectivity index (χ3n) is 5.10. The number of anilines is 1. The van der Waals surface area contributed by atoms with Crippen LogP contribution in [0.25, 0.3) is 0 Å². The molecular formula is C27H35N3O4S. The molecule has 0 spiro atoms. The van der Waals surface area contributed by atoms with E-state index in [1.54, 1.807) is 39.0 Å². The van der Waals surface area contributed by atoms with Gasteiger partial charge in [-0.2, -0.15) is 12.6 Å². The number of nitrogens with zero attached hydrogens (tertiary/aromatic N) is 1. The Morgan fingerprint density at radius 1 is 1.11 bits per heavy atom. The van der Waals surface area contributed by atoms with E-state index in [1.807, 2.05) is 50.2 Å². The largest absolute Gasteiger partial charge is 0.444 e. The second-order valence-corrected chi connectivity index (χ2v) is 9.65. The molecule has 2 rings (SSSR count). The molecule has 0 bridgehead atoms. The molecule has 0 radical (unpaired) electrons. The standard InChI is InChI=1S/C27H35N3O4S/c1-7-15-30(25(32)22(17-35)29-26(33)34-27(4,5)6)23(20-13-10-11-18(2)16-20)24(31)28-21-14-9-8-12-19(21)3/h7-14,16,22-23,35H,1,15,17H2,2-6H3,(H,28,31)(H,29,33). The summed E-state index contributed by atoms with van der Waals surface area (Å²) in [5.74, 6) is -0.835. The number of amides is 3. The number of hydrogen-bond donors (Lipinski definition) is 3. The first-order valence-corrected chi connectivity index (χ1v) is 12.0. The van der Waals surface area contributed by atoms with Gasteiger partial charge in [-0.1, -0.05) is 54.1 Å². The monoisotopic (exact) mass is 497 g/mol. The van der Waals surface area contributed by atoms with Gasteiger partial charge in [0.1, 0.15) is 17.7 Å². The van der Waals surface area contributed by atoms with Gasteiger partial charge < -0.3 is 20.3 Å². The lowest BCUT2D eigenvalue weighted by Crippen LogP contribution is -2.53. The van der Waals surface area contributed by atoms with Gasteiger partial charge in [0.2, 0.25) is 5.91 Å². The van der Waals surface area contributed by atoms with E-state index in [4.69, 9.17) is 4.74 Å². The zero-order valence-electron chi connectivity index (χ0n) is 21.0. The van der Waals surface area contributed by atoms with Crippen molar-refractivity contribution >= 4 is 36.2 Å². The van der Waals surface area contributed by atoms with Gasteiger partial charge >= 0.3 is 6.09 Å². The van der Waals surface area contributed by atoms with E-state index < -0.39 is 29.7 Å². The summed E-state index contributed by atoms with van der Waals surface area (Å²) in [6, 6.07) is 12.9. The Morgan fingerprint density at radius 2 is 1.80 bits per heavy atom. The van der Waals surface area contributed by atoms with Crippen LogP contribution >= 0.6 is 12.6 Å². The van der Waals surface area contributed by atoms with E-state index in [9.17, 15) is 14.4 Å². The van der Waals surface area contributed by atoms with E-state index in [-0.39, 0.29) is 18.2 Å².